The topological polar surface area (TPSA) is 24.1 Å². The van der Waals surface area contributed by atoms with Gasteiger partial charge < -0.3 is 10.6 Å². The van der Waals surface area contributed by atoms with Gasteiger partial charge in [-0.05, 0) is 11.4 Å². The molecule has 0 aromatic heterocycles. The van der Waals surface area contributed by atoms with Gasteiger partial charge in [0.1, 0.15) is 0 Å². The molecule has 2 nitrogen and oxygen atoms in total. The van der Waals surface area contributed by atoms with Crippen LogP contribution < -0.4 is 10.6 Å². The second kappa shape index (κ2) is 20.7. The molecule has 0 spiro atoms. The van der Waals surface area contributed by atoms with Gasteiger partial charge in [0.15, 0.2) is 0 Å². The van der Waals surface area contributed by atoms with E-state index in [2.05, 4.69) is 10.6 Å². The third-order valence-corrected chi connectivity index (χ3v) is 6.08. The summed E-state index contributed by atoms with van der Waals surface area (Å²) < 4.78 is 51.9. The van der Waals surface area contributed by atoms with Crippen LogP contribution in [0.3, 0.4) is 0 Å². The van der Waals surface area contributed by atoms with Gasteiger partial charge in [-0.3, -0.25) is 0 Å². The Bertz CT molecular complexity index is 1520. The maximum absolute atomic E-state index is 13.3. The van der Waals surface area contributed by atoms with Gasteiger partial charge >= 0.3 is 21.7 Å². The minimum Gasteiger partial charge on any atom is -0.396 e. The fraction of sp³-hybridized carbons (Fsp3) is 0. The van der Waals surface area contributed by atoms with Gasteiger partial charge in [0.25, 0.3) is 0 Å². The van der Waals surface area contributed by atoms with Crippen molar-refractivity contribution in [1.82, 2.24) is 0 Å². The second-order valence-electron chi connectivity index (χ2n) is 8.63. The van der Waals surface area contributed by atoms with Gasteiger partial charge in [-0.2, -0.15) is 36.4 Å². The first kappa shape index (κ1) is 37.0. The smallest absolute Gasteiger partial charge is 0.396 e. The van der Waals surface area contributed by atoms with E-state index in [0.29, 0.717) is 9.98 Å². The number of benzene rings is 4. The quantitative estimate of drug-likeness (QED) is 0.0842. The number of rotatable bonds is 4. The molecule has 45 heavy (non-hydrogen) atoms. The normalized spacial score (nSPS) is 9.33. The molecule has 0 bridgehead atoms. The van der Waals surface area contributed by atoms with Crippen LogP contribution in [0.15, 0.2) is 146 Å². The number of hydrogen-bond acceptors (Lipinski definition) is 2. The van der Waals surface area contributed by atoms with Crippen LogP contribution >= 0.6 is 24.4 Å². The summed E-state index contributed by atoms with van der Waals surface area (Å²) in [5.74, 6) is -3.05. The summed E-state index contributed by atoms with van der Waals surface area (Å²) in [6.45, 7) is 0. The number of nitrogens with one attached hydrogen (secondary N) is 2. The molecule has 0 heterocycles. The van der Waals surface area contributed by atoms with E-state index in [0.717, 1.165) is 23.3 Å². The van der Waals surface area contributed by atoms with Crippen LogP contribution in [0, 0.1) is 35.4 Å². The average Bonchev–Trinajstić information content (AvgIpc) is 3.82. The van der Waals surface area contributed by atoms with Crippen molar-refractivity contribution < 1.29 is 39.3 Å². The molecule has 0 aliphatic carbocycles. The van der Waals surface area contributed by atoms with Gasteiger partial charge in [-0.1, -0.05) is 85.1 Å². The standard InChI is InChI=1S/2C13H8F2NS.2C5H5.Ti/c2*14-10-6-7-12(11(15)8-10)16-13(17)9-4-2-1-3-5-9;2*1-2-4-5-3-1;/h2*1-7H,(H,16,17);2*1-5H;/q4*-1;+4. The summed E-state index contributed by atoms with van der Waals surface area (Å²) in [6, 6.07) is 47.0. The molecule has 6 aromatic carbocycles. The summed E-state index contributed by atoms with van der Waals surface area (Å²) in [7, 11) is 0. The van der Waals surface area contributed by atoms with E-state index in [1.54, 1.807) is 24.3 Å². The summed E-state index contributed by atoms with van der Waals surface area (Å²) in [6.07, 6.45) is 0. The number of anilines is 2. The molecular formula is C36H26F4N2S2Ti. The van der Waals surface area contributed by atoms with Crippen molar-refractivity contribution in [2.45, 2.75) is 0 Å². The summed E-state index contributed by atoms with van der Waals surface area (Å²) >= 11 is 10.2. The first-order chi connectivity index (χ1) is 21.3. The molecule has 0 radical (unpaired) electrons. The van der Waals surface area contributed by atoms with Crippen LogP contribution in [0.4, 0.5) is 28.9 Å². The van der Waals surface area contributed by atoms with E-state index in [4.69, 9.17) is 24.4 Å². The van der Waals surface area contributed by atoms with Gasteiger partial charge in [0.05, 0.1) is 9.98 Å². The Morgan fingerprint density at radius 1 is 0.489 bits per heavy atom. The number of halogens is 4. The third kappa shape index (κ3) is 14.0. The minimum absolute atomic E-state index is 0. The van der Waals surface area contributed by atoms with Crippen molar-refractivity contribution >= 4 is 45.8 Å². The maximum atomic E-state index is 13.3. The van der Waals surface area contributed by atoms with E-state index in [-0.39, 0.29) is 33.1 Å². The number of thiocarbonyl (C=S) groups is 2. The predicted octanol–water partition coefficient (Wildman–Crippen LogP) is 9.91. The summed E-state index contributed by atoms with van der Waals surface area (Å²) in [4.78, 5) is 0.758. The van der Waals surface area contributed by atoms with Gasteiger partial charge in [-0.15, -0.1) is 36.4 Å². The molecule has 9 heteroatoms. The fourth-order valence-electron chi connectivity index (χ4n) is 3.29. The molecule has 0 saturated carbocycles. The minimum atomic E-state index is -0.789. The molecule has 2 N–H and O–H groups in total. The van der Waals surface area contributed by atoms with Crippen molar-refractivity contribution in [1.29, 1.82) is 0 Å². The Labute approximate surface area is 286 Å². The van der Waals surface area contributed by atoms with Crippen LogP contribution in [-0.2, 0) is 21.7 Å². The summed E-state index contributed by atoms with van der Waals surface area (Å²) in [5, 5.41) is 5.42. The van der Waals surface area contributed by atoms with E-state index >= 15 is 0 Å². The molecule has 0 amide bonds. The third-order valence-electron chi connectivity index (χ3n) is 5.40. The van der Waals surface area contributed by atoms with Crippen LogP contribution in [-0.4, -0.2) is 9.98 Å². The molecule has 224 valence electrons. The Balaban J connectivity index is 0.000000235. The Kier molecular flexibility index (Phi) is 17.0. The average molecular weight is 675 g/mol. The van der Waals surface area contributed by atoms with Gasteiger partial charge in [-0.25, -0.2) is 41.8 Å². The molecule has 0 aliphatic rings. The Morgan fingerprint density at radius 2 is 0.822 bits per heavy atom. The molecule has 0 atom stereocenters. The Morgan fingerprint density at radius 3 is 1.09 bits per heavy atom. The van der Waals surface area contributed by atoms with E-state index in [1.165, 1.54) is 12.1 Å². The van der Waals surface area contributed by atoms with Crippen LogP contribution in [0.1, 0.15) is 11.1 Å². The molecule has 0 unspecified atom stereocenters. The fourth-order valence-corrected chi connectivity index (χ4v) is 3.78. The zero-order valence-electron chi connectivity index (χ0n) is 23.7. The zero-order valence-corrected chi connectivity index (χ0v) is 26.9. The zero-order chi connectivity index (χ0) is 31.6. The first-order valence-electron chi connectivity index (χ1n) is 13.1. The van der Waals surface area contributed by atoms with Gasteiger partial charge in [0, 0.05) is 34.4 Å². The second-order valence-corrected chi connectivity index (χ2v) is 9.45. The van der Waals surface area contributed by atoms with Crippen molar-refractivity contribution in [2.24, 2.45) is 0 Å². The summed E-state index contributed by atoms with van der Waals surface area (Å²) in [5.41, 5.74) is 1.76. The predicted molar refractivity (Wildman–Crippen MR) is 178 cm³/mol. The van der Waals surface area contributed by atoms with Crippen molar-refractivity contribution in [2.75, 3.05) is 10.6 Å². The monoisotopic (exact) mass is 674 g/mol. The molecule has 6 rings (SSSR count). The van der Waals surface area contributed by atoms with Gasteiger partial charge in [0.2, 0.25) is 0 Å². The molecule has 0 fully saturated rings. The van der Waals surface area contributed by atoms with Crippen molar-refractivity contribution in [3.8, 4) is 0 Å². The molecule has 0 saturated heterocycles. The van der Waals surface area contributed by atoms with Crippen LogP contribution in [0.5, 0.6) is 0 Å². The van der Waals surface area contributed by atoms with E-state index in [9.17, 15) is 17.6 Å². The van der Waals surface area contributed by atoms with E-state index in [1.807, 2.05) is 109 Å². The Hall–Kier alpha value is -4.21. The van der Waals surface area contributed by atoms with Crippen LogP contribution in [0.2, 0.25) is 0 Å². The largest absolute Gasteiger partial charge is 4.00 e. The number of hydrogen-bond donors (Lipinski definition) is 2. The van der Waals surface area contributed by atoms with Crippen molar-refractivity contribution in [3.63, 3.8) is 0 Å². The molecule has 6 aromatic rings. The van der Waals surface area contributed by atoms with Crippen LogP contribution in [0.25, 0.3) is 0 Å². The molecular weight excluding hydrogens is 648 g/mol. The maximum Gasteiger partial charge on any atom is 4.00 e. The van der Waals surface area contributed by atoms with E-state index < -0.39 is 23.3 Å². The molecule has 0 aliphatic heterocycles. The first-order valence-corrected chi connectivity index (χ1v) is 14.0. The SMILES string of the molecule is Fc1[c-]c(F)c(NC(=S)c2ccccc2)cc1.Fc1[c-]c(F)c(NC(=S)c2ccccc2)cc1.[Ti+4].c1cc[cH-]c1.c1cc[cH-]c1. The van der Waals surface area contributed by atoms with Crippen molar-refractivity contribution in [3.05, 3.63) is 192 Å².